The first-order chi connectivity index (χ1) is 8.78. The molecule has 0 aliphatic heterocycles. The van der Waals surface area contributed by atoms with Gasteiger partial charge in [0.2, 0.25) is 0 Å². The molecule has 0 aliphatic rings. The van der Waals surface area contributed by atoms with E-state index in [1.54, 1.807) is 0 Å². The van der Waals surface area contributed by atoms with Crippen molar-refractivity contribution in [3.8, 4) is 0 Å². The molecule has 106 valence electrons. The molecule has 0 amide bonds. The number of carbonyl (C=O) groups is 1. The van der Waals surface area contributed by atoms with E-state index < -0.39 is 5.60 Å². The molecule has 0 saturated heterocycles. The molecular formula is C15H22ClNO2. The number of benzene rings is 1. The minimum atomic E-state index is -0.418. The summed E-state index contributed by atoms with van der Waals surface area (Å²) >= 11 is 6.10. The molecule has 4 heteroatoms. The van der Waals surface area contributed by atoms with Crippen molar-refractivity contribution in [2.75, 3.05) is 13.6 Å². The standard InChI is InChI=1S/C15H22ClNO2/c1-15(2,3)19-14(18)9-10-17(4)11-12-7-5-6-8-13(12)16/h5-8H,9-11H2,1-4H3. The molecule has 0 aromatic heterocycles. The fourth-order valence-electron chi connectivity index (χ4n) is 1.67. The third kappa shape index (κ3) is 6.60. The highest BCUT2D eigenvalue weighted by molar-refractivity contribution is 6.31. The van der Waals surface area contributed by atoms with Crippen molar-refractivity contribution in [3.63, 3.8) is 0 Å². The number of carbonyl (C=O) groups excluding carboxylic acids is 1. The first-order valence-electron chi connectivity index (χ1n) is 6.42. The largest absolute Gasteiger partial charge is 0.460 e. The Bertz CT molecular complexity index is 426. The highest BCUT2D eigenvalue weighted by Gasteiger charge is 2.16. The molecule has 0 saturated carbocycles. The van der Waals surface area contributed by atoms with Gasteiger partial charge in [-0.25, -0.2) is 0 Å². The smallest absolute Gasteiger partial charge is 0.307 e. The van der Waals surface area contributed by atoms with Gasteiger partial charge in [0.25, 0.3) is 0 Å². The summed E-state index contributed by atoms with van der Waals surface area (Å²) < 4.78 is 5.27. The average Bonchev–Trinajstić information content (AvgIpc) is 2.27. The minimum absolute atomic E-state index is 0.168. The van der Waals surface area contributed by atoms with Crippen molar-refractivity contribution in [1.82, 2.24) is 4.90 Å². The Labute approximate surface area is 120 Å². The quantitative estimate of drug-likeness (QED) is 0.775. The first-order valence-corrected chi connectivity index (χ1v) is 6.79. The molecule has 0 N–H and O–H groups in total. The number of esters is 1. The monoisotopic (exact) mass is 283 g/mol. The number of hydrogen-bond donors (Lipinski definition) is 0. The molecule has 1 aromatic rings. The molecule has 0 spiro atoms. The van der Waals surface area contributed by atoms with E-state index in [2.05, 4.69) is 4.90 Å². The van der Waals surface area contributed by atoms with E-state index in [0.29, 0.717) is 13.0 Å². The predicted molar refractivity (Wildman–Crippen MR) is 78.2 cm³/mol. The van der Waals surface area contributed by atoms with Crippen LogP contribution >= 0.6 is 11.6 Å². The van der Waals surface area contributed by atoms with Gasteiger partial charge in [-0.2, -0.15) is 0 Å². The average molecular weight is 284 g/mol. The van der Waals surface area contributed by atoms with Gasteiger partial charge in [0.15, 0.2) is 0 Å². The SMILES string of the molecule is CN(CCC(=O)OC(C)(C)C)Cc1ccccc1Cl. The summed E-state index contributed by atoms with van der Waals surface area (Å²) in [6.45, 7) is 7.00. The fourth-order valence-corrected chi connectivity index (χ4v) is 1.87. The Hall–Kier alpha value is -1.06. The van der Waals surface area contributed by atoms with Gasteiger partial charge in [-0.05, 0) is 39.4 Å². The maximum absolute atomic E-state index is 11.6. The van der Waals surface area contributed by atoms with Crippen molar-refractivity contribution < 1.29 is 9.53 Å². The Morgan fingerprint density at radius 1 is 1.32 bits per heavy atom. The maximum Gasteiger partial charge on any atom is 0.307 e. The Kier molecular flexibility index (Phi) is 5.83. The summed E-state index contributed by atoms with van der Waals surface area (Å²) in [6.07, 6.45) is 0.387. The van der Waals surface area contributed by atoms with Crippen LogP contribution in [-0.2, 0) is 16.1 Å². The lowest BCUT2D eigenvalue weighted by molar-refractivity contribution is -0.155. The zero-order valence-electron chi connectivity index (χ0n) is 12.1. The van der Waals surface area contributed by atoms with E-state index in [0.717, 1.165) is 17.1 Å². The van der Waals surface area contributed by atoms with E-state index in [-0.39, 0.29) is 5.97 Å². The Morgan fingerprint density at radius 3 is 2.53 bits per heavy atom. The van der Waals surface area contributed by atoms with Crippen LogP contribution in [0.2, 0.25) is 5.02 Å². The van der Waals surface area contributed by atoms with E-state index in [9.17, 15) is 4.79 Å². The van der Waals surface area contributed by atoms with Gasteiger partial charge >= 0.3 is 5.97 Å². The fraction of sp³-hybridized carbons (Fsp3) is 0.533. The molecule has 3 nitrogen and oxygen atoms in total. The molecule has 1 rings (SSSR count). The van der Waals surface area contributed by atoms with Crippen LogP contribution in [-0.4, -0.2) is 30.1 Å². The van der Waals surface area contributed by atoms with Crippen LogP contribution in [0.15, 0.2) is 24.3 Å². The van der Waals surface area contributed by atoms with Gasteiger partial charge < -0.3 is 9.64 Å². The van der Waals surface area contributed by atoms with E-state index >= 15 is 0 Å². The van der Waals surface area contributed by atoms with Gasteiger partial charge in [0.05, 0.1) is 6.42 Å². The second kappa shape index (κ2) is 6.92. The number of halogens is 1. The maximum atomic E-state index is 11.6. The van der Waals surface area contributed by atoms with Crippen LogP contribution in [0.3, 0.4) is 0 Å². The summed E-state index contributed by atoms with van der Waals surface area (Å²) in [5.41, 5.74) is 0.647. The molecule has 0 heterocycles. The number of rotatable bonds is 5. The lowest BCUT2D eigenvalue weighted by Gasteiger charge is -2.21. The van der Waals surface area contributed by atoms with E-state index in [1.807, 2.05) is 52.1 Å². The van der Waals surface area contributed by atoms with Crippen LogP contribution in [0.25, 0.3) is 0 Å². The summed E-state index contributed by atoms with van der Waals surface area (Å²) in [6, 6.07) is 7.74. The molecule has 0 unspecified atom stereocenters. The zero-order chi connectivity index (χ0) is 14.5. The highest BCUT2D eigenvalue weighted by atomic mass is 35.5. The van der Waals surface area contributed by atoms with Crippen LogP contribution in [0.4, 0.5) is 0 Å². The third-order valence-electron chi connectivity index (χ3n) is 2.52. The van der Waals surface area contributed by atoms with E-state index in [1.165, 1.54) is 0 Å². The van der Waals surface area contributed by atoms with Gasteiger partial charge in [0.1, 0.15) is 5.60 Å². The van der Waals surface area contributed by atoms with Crippen molar-refractivity contribution in [1.29, 1.82) is 0 Å². The summed E-state index contributed by atoms with van der Waals surface area (Å²) in [7, 11) is 1.97. The molecule has 19 heavy (non-hydrogen) atoms. The Balaban J connectivity index is 2.38. The van der Waals surface area contributed by atoms with Gasteiger partial charge in [-0.3, -0.25) is 4.79 Å². The Morgan fingerprint density at radius 2 is 1.95 bits per heavy atom. The highest BCUT2D eigenvalue weighted by Crippen LogP contribution is 2.16. The zero-order valence-corrected chi connectivity index (χ0v) is 12.8. The van der Waals surface area contributed by atoms with Crippen LogP contribution in [0, 0.1) is 0 Å². The number of ether oxygens (including phenoxy) is 1. The molecule has 1 aromatic carbocycles. The van der Waals surface area contributed by atoms with Gasteiger partial charge in [-0.15, -0.1) is 0 Å². The predicted octanol–water partition coefficient (Wildman–Crippen LogP) is 3.50. The number of hydrogen-bond acceptors (Lipinski definition) is 3. The van der Waals surface area contributed by atoms with Crippen molar-refractivity contribution in [2.45, 2.75) is 39.3 Å². The summed E-state index contributed by atoms with van der Waals surface area (Å²) in [5, 5.41) is 0.756. The lowest BCUT2D eigenvalue weighted by Crippen LogP contribution is -2.27. The molecule has 0 bridgehead atoms. The molecule has 0 fully saturated rings. The van der Waals surface area contributed by atoms with Crippen LogP contribution in [0.1, 0.15) is 32.8 Å². The second-order valence-electron chi connectivity index (χ2n) is 5.67. The molecule has 0 aliphatic carbocycles. The third-order valence-corrected chi connectivity index (χ3v) is 2.88. The van der Waals surface area contributed by atoms with Gasteiger partial charge in [0, 0.05) is 18.1 Å². The van der Waals surface area contributed by atoms with Crippen molar-refractivity contribution in [2.24, 2.45) is 0 Å². The first kappa shape index (κ1) is 16.0. The summed E-state index contributed by atoms with van der Waals surface area (Å²) in [5.74, 6) is -0.168. The normalized spacial score (nSPS) is 11.7. The topological polar surface area (TPSA) is 29.5 Å². The molecule has 0 radical (unpaired) electrons. The van der Waals surface area contributed by atoms with Gasteiger partial charge in [-0.1, -0.05) is 29.8 Å². The summed E-state index contributed by atoms with van der Waals surface area (Å²) in [4.78, 5) is 13.7. The van der Waals surface area contributed by atoms with Crippen LogP contribution < -0.4 is 0 Å². The number of nitrogens with zero attached hydrogens (tertiary/aromatic N) is 1. The lowest BCUT2D eigenvalue weighted by atomic mass is 10.2. The van der Waals surface area contributed by atoms with E-state index in [4.69, 9.17) is 16.3 Å². The molecule has 0 atom stereocenters. The van der Waals surface area contributed by atoms with Crippen molar-refractivity contribution >= 4 is 17.6 Å². The minimum Gasteiger partial charge on any atom is -0.460 e. The van der Waals surface area contributed by atoms with Crippen LogP contribution in [0.5, 0.6) is 0 Å². The second-order valence-corrected chi connectivity index (χ2v) is 6.07. The molecular weight excluding hydrogens is 262 g/mol. The van der Waals surface area contributed by atoms with Crippen molar-refractivity contribution in [3.05, 3.63) is 34.9 Å².